The minimum Gasteiger partial charge on any atom is -0.453 e. The fourth-order valence-electron chi connectivity index (χ4n) is 28.2. The zero-order valence-electron chi connectivity index (χ0n) is 77.3. The predicted octanol–water partition coefficient (Wildman–Crippen LogP) is 25.8. The highest BCUT2D eigenvalue weighted by atomic mass is 16.5. The summed E-state index contributed by atoms with van der Waals surface area (Å²) in [5.41, 5.74) is 36.0. The molecule has 650 valence electrons. The van der Waals surface area contributed by atoms with Crippen LogP contribution in [0, 0.1) is 23.7 Å². The Morgan fingerprint density at radius 3 is 0.737 bits per heavy atom. The highest BCUT2D eigenvalue weighted by Gasteiger charge is 2.64. The van der Waals surface area contributed by atoms with E-state index in [2.05, 4.69) is 520 Å². The number of rotatable bonds is 8. The van der Waals surface area contributed by atoms with Gasteiger partial charge in [0.15, 0.2) is 11.5 Å². The van der Waals surface area contributed by atoms with Crippen LogP contribution >= 0.6 is 0 Å². The van der Waals surface area contributed by atoms with Crippen molar-refractivity contribution >= 4 is 144 Å². The molecule has 16 aromatic carbocycles. The zero-order valence-corrected chi connectivity index (χ0v) is 77.3. The van der Waals surface area contributed by atoms with Gasteiger partial charge < -0.3 is 24.0 Å². The van der Waals surface area contributed by atoms with Gasteiger partial charge in [0.25, 0.3) is 0 Å². The maximum Gasteiger partial charge on any atom is 0.217 e. The van der Waals surface area contributed by atoms with Gasteiger partial charge in [-0.3, -0.25) is 0 Å². The number of anilines is 9. The molecule has 0 saturated heterocycles. The van der Waals surface area contributed by atoms with Crippen LogP contribution in [0.2, 0.25) is 23.3 Å². The van der Waals surface area contributed by atoms with Crippen molar-refractivity contribution in [3.63, 3.8) is 0 Å². The van der Waals surface area contributed by atoms with E-state index in [4.69, 9.17) is 4.74 Å². The molecular formula is C128H100B4N4O. The molecule has 5 nitrogen and oxygen atoms in total. The maximum atomic E-state index is 6.38. The SMILES string of the molecule is CC1(C)c2ccccc2N(c2ccc(B3c4ccccc4C4(c5ccccc5B(c5ccc(-n6c7ccccc7c7ccccc76)cc5)C5C=CC=CC54)C4C=CC=CC34)cc2)c2ccccc21.CC1(C)c2ccccc2N(c2ccc(B3c4ccccc4C4(c5ccccc5B(c5ccc(N6c7ccccc7Oc7ccccc76)cc5)C5C=CC=CC54)C4C=CC=CC34)cc2)c2ccccc21. The van der Waals surface area contributed by atoms with Crippen LogP contribution in [0.4, 0.5) is 51.2 Å². The third-order valence-electron chi connectivity index (χ3n) is 33.6. The molecule has 1 aromatic heterocycles. The van der Waals surface area contributed by atoms with Gasteiger partial charge in [-0.25, -0.2) is 0 Å². The average Bonchev–Trinajstić information content (AvgIpc) is 1.06. The summed E-state index contributed by atoms with van der Waals surface area (Å²) in [7, 11) is 0. The number of aromatic nitrogens is 1. The van der Waals surface area contributed by atoms with E-state index in [-0.39, 0.29) is 95.5 Å². The Balaban J connectivity index is 0.000000139. The molecule has 0 saturated carbocycles. The summed E-state index contributed by atoms with van der Waals surface area (Å²) in [5.74, 6) is 3.65. The highest BCUT2D eigenvalue weighted by molar-refractivity contribution is 6.90. The fraction of sp³-hybridized carbons (Fsp3) is 0.125. The van der Waals surface area contributed by atoms with Crippen LogP contribution in [0.25, 0.3) is 27.5 Å². The number of allylic oxidation sites excluding steroid dienone is 16. The van der Waals surface area contributed by atoms with E-state index in [0.717, 1.165) is 28.6 Å². The van der Waals surface area contributed by atoms with Gasteiger partial charge in [-0.1, -0.05) is 448 Å². The predicted molar refractivity (Wildman–Crippen MR) is 578 cm³/mol. The van der Waals surface area contributed by atoms with Gasteiger partial charge in [0.2, 0.25) is 26.9 Å². The first-order valence-electron chi connectivity index (χ1n) is 49.4. The number of hydrogen-bond donors (Lipinski definition) is 0. The summed E-state index contributed by atoms with van der Waals surface area (Å²) in [4.78, 5) is 7.29. The van der Waals surface area contributed by atoms with Gasteiger partial charge in [0.1, 0.15) is 0 Å². The molecule has 11 aliphatic rings. The molecule has 0 fully saturated rings. The largest absolute Gasteiger partial charge is 0.453 e. The molecule has 0 radical (unpaired) electrons. The fourth-order valence-corrected chi connectivity index (χ4v) is 28.2. The first-order chi connectivity index (χ1) is 67.5. The van der Waals surface area contributed by atoms with Crippen molar-refractivity contribution in [1.29, 1.82) is 0 Å². The Hall–Kier alpha value is -15.3. The van der Waals surface area contributed by atoms with Crippen LogP contribution in [0.5, 0.6) is 11.5 Å². The molecule has 137 heavy (non-hydrogen) atoms. The van der Waals surface area contributed by atoms with E-state index in [1.165, 1.54) is 150 Å². The first kappa shape index (κ1) is 81.3. The quantitative estimate of drug-likeness (QED) is 0.142. The van der Waals surface area contributed by atoms with Crippen LogP contribution in [0.1, 0.15) is 72.2 Å². The molecule has 28 rings (SSSR count). The Labute approximate surface area is 805 Å². The Bertz CT molecular complexity index is 7830. The monoisotopic (exact) mass is 1750 g/mol. The normalized spacial score (nSPS) is 22.5. The lowest BCUT2D eigenvalue weighted by Gasteiger charge is -2.59. The Morgan fingerprint density at radius 1 is 0.212 bits per heavy atom. The Kier molecular flexibility index (Phi) is 18.8. The smallest absolute Gasteiger partial charge is 0.217 e. The van der Waals surface area contributed by atoms with E-state index < -0.39 is 0 Å². The number of hydrogen-bond acceptors (Lipinski definition) is 4. The minimum absolute atomic E-state index is 0.0969. The van der Waals surface area contributed by atoms with Crippen LogP contribution in [0.3, 0.4) is 0 Å². The first-order valence-corrected chi connectivity index (χ1v) is 49.4. The average molecular weight is 1750 g/mol. The van der Waals surface area contributed by atoms with Gasteiger partial charge in [0, 0.05) is 55.2 Å². The molecular weight excluding hydrogens is 1650 g/mol. The van der Waals surface area contributed by atoms with E-state index in [0.29, 0.717) is 0 Å². The van der Waals surface area contributed by atoms with Crippen molar-refractivity contribution in [1.82, 2.24) is 4.57 Å². The standard InChI is InChI=1S/C64H50B2N2O.C64H50B2N2/c1-63(2)51-23-7-13-29-57(51)67(58-30-14-8-24-52(58)63)45-39-35-43(36-40-45)65-53-25-9-3-19-47(53)64(48-20-4-10-26-54(48)65)49-21-5-11-27-55(49)66(56-28-12-6-22-50(56)64)44-37-41-46(42-38-44)68-59-31-15-17-33-61(59)69-62-34-18-16-32-60(62)68;1-63(2)53-25-9-17-33-61(53)68(62-34-18-10-26-54(62)63)46-41-37-44(38-42-46)66-57-29-13-7-23-51(57)64(52-24-8-14-30-58(52)66)49-21-5-11-27-55(49)65(56-28-12-6-22-50(56)64)43-35-39-45(40-36-43)67-59-31-15-3-19-47(59)48-20-4-16-32-60(48)67/h3-42,47,49,53,55H,1-2H3;3-42,49,51,55,57H,1-2H3. The van der Waals surface area contributed by atoms with Crippen molar-refractivity contribution < 1.29 is 4.74 Å². The molecule has 10 atom stereocenters. The molecule has 2 spiro atoms. The molecule has 17 aromatic rings. The lowest BCUT2D eigenvalue weighted by Crippen LogP contribution is -2.67. The lowest BCUT2D eigenvalue weighted by molar-refractivity contribution is 0.281. The minimum atomic E-state index is -0.298. The molecule has 7 aliphatic heterocycles. The molecule has 9 heteroatoms. The number of para-hydroxylation sites is 10. The molecule has 0 N–H and O–H groups in total. The molecule has 0 bridgehead atoms. The number of benzene rings is 16. The summed E-state index contributed by atoms with van der Waals surface area (Å²) in [5, 5.41) is 2.58. The van der Waals surface area contributed by atoms with Crippen LogP contribution in [-0.2, 0) is 21.7 Å². The number of ether oxygens (including phenoxy) is 1. The Morgan fingerprint density at radius 2 is 0.438 bits per heavy atom. The van der Waals surface area contributed by atoms with E-state index in [1.54, 1.807) is 0 Å². The summed E-state index contributed by atoms with van der Waals surface area (Å²) >= 11 is 0. The number of fused-ring (bicyclic) bond motifs is 25. The molecule has 0 amide bonds. The van der Waals surface area contributed by atoms with Gasteiger partial charge in [0.05, 0.1) is 45.2 Å². The maximum absolute atomic E-state index is 6.38. The van der Waals surface area contributed by atoms with Crippen LogP contribution in [0.15, 0.2) is 485 Å². The van der Waals surface area contributed by atoms with Crippen LogP contribution in [-0.4, -0.2) is 31.4 Å². The van der Waals surface area contributed by atoms with Crippen molar-refractivity contribution in [3.8, 4) is 17.2 Å². The molecule has 10 unspecified atom stereocenters. The molecule has 8 heterocycles. The highest BCUT2D eigenvalue weighted by Crippen LogP contribution is 2.64. The van der Waals surface area contributed by atoms with Gasteiger partial charge in [-0.15, -0.1) is 0 Å². The summed E-state index contributed by atoms with van der Waals surface area (Å²) in [6, 6.07) is 146. The van der Waals surface area contributed by atoms with Crippen molar-refractivity contribution in [2.24, 2.45) is 23.7 Å². The van der Waals surface area contributed by atoms with E-state index >= 15 is 0 Å². The van der Waals surface area contributed by atoms with Crippen molar-refractivity contribution in [2.75, 3.05) is 14.7 Å². The van der Waals surface area contributed by atoms with Gasteiger partial charge >= 0.3 is 0 Å². The van der Waals surface area contributed by atoms with Gasteiger partial charge in [-0.2, -0.15) is 0 Å². The molecule has 4 aliphatic carbocycles. The second-order valence-corrected chi connectivity index (χ2v) is 40.6. The van der Waals surface area contributed by atoms with Crippen LogP contribution < -0.4 is 63.1 Å². The van der Waals surface area contributed by atoms with E-state index in [9.17, 15) is 0 Å². The third kappa shape index (κ3) is 12.0. The summed E-state index contributed by atoms with van der Waals surface area (Å²) in [6.45, 7) is 10.2. The van der Waals surface area contributed by atoms with Gasteiger partial charge in [-0.05, 0) is 201 Å². The second-order valence-electron chi connectivity index (χ2n) is 40.6. The van der Waals surface area contributed by atoms with Crippen molar-refractivity contribution in [3.05, 3.63) is 530 Å². The van der Waals surface area contributed by atoms with Crippen molar-refractivity contribution in [2.45, 2.75) is 72.6 Å². The van der Waals surface area contributed by atoms with E-state index in [1.807, 2.05) is 12.1 Å². The third-order valence-corrected chi connectivity index (χ3v) is 33.6. The topological polar surface area (TPSA) is 23.9 Å². The second kappa shape index (κ2) is 31.7. The number of nitrogens with zero attached hydrogens (tertiary/aromatic N) is 4. The summed E-state index contributed by atoms with van der Waals surface area (Å²) in [6.07, 6.45) is 39.0. The summed E-state index contributed by atoms with van der Waals surface area (Å²) < 4.78 is 8.82. The zero-order chi connectivity index (χ0) is 91.0. The lowest BCUT2D eigenvalue weighted by atomic mass is 9.19.